The number of amides is 1. The van der Waals surface area contributed by atoms with E-state index in [0.717, 1.165) is 0 Å². The van der Waals surface area contributed by atoms with Crippen molar-refractivity contribution in [3.8, 4) is 0 Å². The highest BCUT2D eigenvalue weighted by atomic mass is 28.4. The molecule has 0 aliphatic carbocycles. The van der Waals surface area contributed by atoms with Gasteiger partial charge in [0.2, 0.25) is 6.41 Å². The molecule has 0 rings (SSSR count). The van der Waals surface area contributed by atoms with Gasteiger partial charge in [-0.15, -0.1) is 0 Å². The molecule has 4 heteroatoms. The molecule has 0 atom stereocenters. The lowest BCUT2D eigenvalue weighted by atomic mass is 11.2. The van der Waals surface area contributed by atoms with Crippen molar-refractivity contribution in [1.29, 1.82) is 0 Å². The molecule has 3 nitrogen and oxygen atoms in total. The van der Waals surface area contributed by atoms with Gasteiger partial charge < -0.3 is 9.74 Å². The van der Waals surface area contributed by atoms with Crippen LogP contribution in [0, 0.1) is 0 Å². The Balaban J connectivity index is 3.17. The number of hydrogen-bond acceptors (Lipinski definition) is 2. The minimum atomic E-state index is -1.42. The van der Waals surface area contributed by atoms with Crippen LogP contribution in [0.2, 0.25) is 19.6 Å². The largest absolute Gasteiger partial charge is 0.400 e. The Hall–Kier alpha value is -0.353. The van der Waals surface area contributed by atoms with Gasteiger partial charge in [0.1, 0.15) is 6.73 Å². The van der Waals surface area contributed by atoms with E-state index in [-0.39, 0.29) is 0 Å². The lowest BCUT2D eigenvalue weighted by Gasteiger charge is -2.15. The molecule has 0 saturated carbocycles. The molecule has 0 aromatic rings. The normalized spacial score (nSPS) is 11.0. The Morgan fingerprint density at radius 1 is 1.56 bits per heavy atom. The summed E-state index contributed by atoms with van der Waals surface area (Å²) in [5.74, 6) is 0. The van der Waals surface area contributed by atoms with Crippen LogP contribution in [0.1, 0.15) is 0 Å². The summed E-state index contributed by atoms with van der Waals surface area (Å²) in [4.78, 5) is 9.72. The Morgan fingerprint density at radius 3 is 2.44 bits per heavy atom. The zero-order chi connectivity index (χ0) is 7.33. The molecule has 0 aromatic carbocycles. The minimum Gasteiger partial charge on any atom is -0.400 e. The van der Waals surface area contributed by atoms with Crippen LogP contribution in [0.15, 0.2) is 0 Å². The van der Waals surface area contributed by atoms with Gasteiger partial charge in [-0.2, -0.15) is 0 Å². The van der Waals surface area contributed by atoms with Gasteiger partial charge in [0.15, 0.2) is 8.32 Å². The highest BCUT2D eigenvalue weighted by molar-refractivity contribution is 6.69. The summed E-state index contributed by atoms with van der Waals surface area (Å²) < 4.78 is 5.27. The van der Waals surface area contributed by atoms with E-state index in [9.17, 15) is 4.79 Å². The number of carbonyl (C=O) groups excluding carboxylic acids is 1. The molecule has 0 aromatic heterocycles. The van der Waals surface area contributed by atoms with E-state index >= 15 is 0 Å². The molecule has 0 heterocycles. The minimum absolute atomic E-state index is 0.346. The summed E-state index contributed by atoms with van der Waals surface area (Å²) >= 11 is 0. The van der Waals surface area contributed by atoms with Gasteiger partial charge >= 0.3 is 0 Å². The SMILES string of the molecule is C[Si](C)(C)OCNC=O. The third-order valence-electron chi connectivity index (χ3n) is 0.672. The molecule has 0 aliphatic rings. The number of rotatable bonds is 4. The topological polar surface area (TPSA) is 38.3 Å². The maximum absolute atomic E-state index is 9.72. The van der Waals surface area contributed by atoms with Gasteiger partial charge in [-0.1, -0.05) is 0 Å². The van der Waals surface area contributed by atoms with Gasteiger partial charge in [-0.25, -0.2) is 0 Å². The van der Waals surface area contributed by atoms with Crippen LogP contribution in [0.25, 0.3) is 0 Å². The fraction of sp³-hybridized carbons (Fsp3) is 0.800. The first-order valence-electron chi connectivity index (χ1n) is 2.87. The van der Waals surface area contributed by atoms with Crippen molar-refractivity contribution in [2.24, 2.45) is 0 Å². The fourth-order valence-corrected chi connectivity index (χ4v) is 0.809. The van der Waals surface area contributed by atoms with E-state index in [1.165, 1.54) is 0 Å². The maximum atomic E-state index is 9.72. The van der Waals surface area contributed by atoms with Gasteiger partial charge in [-0.05, 0) is 19.6 Å². The first-order chi connectivity index (χ1) is 4.06. The molecule has 1 amide bonds. The zero-order valence-electron chi connectivity index (χ0n) is 6.10. The van der Waals surface area contributed by atoms with Gasteiger partial charge in [0.05, 0.1) is 0 Å². The lowest BCUT2D eigenvalue weighted by molar-refractivity contribution is -0.110. The summed E-state index contributed by atoms with van der Waals surface area (Å²) in [5, 5.41) is 2.44. The molecule has 0 bridgehead atoms. The van der Waals surface area contributed by atoms with E-state index in [1.807, 2.05) is 0 Å². The van der Waals surface area contributed by atoms with Crippen LogP contribution in [0.5, 0.6) is 0 Å². The molecule has 9 heavy (non-hydrogen) atoms. The summed E-state index contributed by atoms with van der Waals surface area (Å²) in [6.45, 7) is 6.55. The molecule has 0 radical (unpaired) electrons. The van der Waals surface area contributed by atoms with Crippen molar-refractivity contribution in [1.82, 2.24) is 5.32 Å². The molecule has 1 N–H and O–H groups in total. The molecule has 0 spiro atoms. The Kier molecular flexibility index (Phi) is 3.49. The Morgan fingerprint density at radius 2 is 2.11 bits per heavy atom. The molecule has 0 unspecified atom stereocenters. The Bertz CT molecular complexity index is 89.4. The average molecular weight is 147 g/mol. The van der Waals surface area contributed by atoms with Crippen molar-refractivity contribution >= 4 is 14.7 Å². The van der Waals surface area contributed by atoms with Crippen molar-refractivity contribution in [2.75, 3.05) is 6.73 Å². The van der Waals surface area contributed by atoms with Crippen LogP contribution in [0.4, 0.5) is 0 Å². The van der Waals surface area contributed by atoms with Gasteiger partial charge in [0, 0.05) is 0 Å². The highest BCUT2D eigenvalue weighted by Crippen LogP contribution is 1.99. The average Bonchev–Trinajstić information content (AvgIpc) is 1.63. The molecule has 54 valence electrons. The standard InChI is InChI=1S/C5H13NO2Si/c1-9(2,3)8-5-6-4-7/h4H,5H2,1-3H3,(H,6,7). The van der Waals surface area contributed by atoms with E-state index < -0.39 is 8.32 Å². The molecule has 0 saturated heterocycles. The van der Waals surface area contributed by atoms with Crippen LogP contribution < -0.4 is 5.32 Å². The molecular formula is C5H13NO2Si. The van der Waals surface area contributed by atoms with Crippen LogP contribution in [0.3, 0.4) is 0 Å². The smallest absolute Gasteiger partial charge is 0.208 e. The number of nitrogens with one attached hydrogen (secondary N) is 1. The Labute approximate surface area is 56.5 Å². The third kappa shape index (κ3) is 7.65. The van der Waals surface area contributed by atoms with Crippen LogP contribution >= 0.6 is 0 Å². The predicted molar refractivity (Wildman–Crippen MR) is 38.5 cm³/mol. The fourth-order valence-electron chi connectivity index (χ4n) is 0.292. The summed E-state index contributed by atoms with van der Waals surface area (Å²) in [5.41, 5.74) is 0. The monoisotopic (exact) mass is 147 g/mol. The van der Waals surface area contributed by atoms with Crippen molar-refractivity contribution in [2.45, 2.75) is 19.6 Å². The third-order valence-corrected chi connectivity index (χ3v) is 1.68. The molecular weight excluding hydrogens is 134 g/mol. The first kappa shape index (κ1) is 8.65. The van der Waals surface area contributed by atoms with Gasteiger partial charge in [-0.3, -0.25) is 4.79 Å². The maximum Gasteiger partial charge on any atom is 0.208 e. The van der Waals surface area contributed by atoms with Crippen LogP contribution in [-0.2, 0) is 9.22 Å². The number of hydrogen-bond donors (Lipinski definition) is 1. The second kappa shape index (κ2) is 3.63. The van der Waals surface area contributed by atoms with Crippen LogP contribution in [-0.4, -0.2) is 21.5 Å². The van der Waals surface area contributed by atoms with Gasteiger partial charge in [0.25, 0.3) is 0 Å². The van der Waals surface area contributed by atoms with Crippen molar-refractivity contribution in [3.05, 3.63) is 0 Å². The second-order valence-electron chi connectivity index (χ2n) is 2.72. The van der Waals surface area contributed by atoms with E-state index in [1.54, 1.807) is 0 Å². The van der Waals surface area contributed by atoms with E-state index in [0.29, 0.717) is 13.1 Å². The highest BCUT2D eigenvalue weighted by Gasteiger charge is 2.12. The van der Waals surface area contributed by atoms with Crippen molar-refractivity contribution in [3.63, 3.8) is 0 Å². The quantitative estimate of drug-likeness (QED) is 0.273. The second-order valence-corrected chi connectivity index (χ2v) is 7.24. The summed E-state index contributed by atoms with van der Waals surface area (Å²) in [7, 11) is -1.42. The molecule has 0 aliphatic heterocycles. The van der Waals surface area contributed by atoms with Crippen molar-refractivity contribution < 1.29 is 9.22 Å². The van der Waals surface area contributed by atoms with E-state index in [4.69, 9.17) is 4.43 Å². The van der Waals surface area contributed by atoms with E-state index in [2.05, 4.69) is 25.0 Å². The molecule has 0 fully saturated rings. The lowest BCUT2D eigenvalue weighted by Crippen LogP contribution is -2.30. The first-order valence-corrected chi connectivity index (χ1v) is 6.28. The summed E-state index contributed by atoms with van der Waals surface area (Å²) in [6, 6.07) is 0. The predicted octanol–water partition coefficient (Wildman–Crippen LogP) is 0.541. The summed E-state index contributed by atoms with van der Waals surface area (Å²) in [6.07, 6.45) is 0.639. The zero-order valence-corrected chi connectivity index (χ0v) is 7.10. The number of carbonyl (C=O) groups is 1.